The summed E-state index contributed by atoms with van der Waals surface area (Å²) in [6.45, 7) is 6.26. The quantitative estimate of drug-likeness (QED) is 0.529. The third kappa shape index (κ3) is 5.82. The van der Waals surface area contributed by atoms with Crippen LogP contribution in [0.3, 0.4) is 0 Å². The van der Waals surface area contributed by atoms with E-state index in [-0.39, 0.29) is 5.91 Å². The molecule has 0 aliphatic carbocycles. The minimum absolute atomic E-state index is 0.323. The molecule has 0 saturated carbocycles. The molecule has 1 N–H and O–H groups in total. The van der Waals surface area contributed by atoms with Gasteiger partial charge >= 0.3 is 5.97 Å². The Labute approximate surface area is 157 Å². The van der Waals surface area contributed by atoms with Crippen molar-refractivity contribution in [2.75, 3.05) is 20.3 Å². The van der Waals surface area contributed by atoms with Gasteiger partial charge in [0.1, 0.15) is 18.1 Å². The molecule has 1 amide bonds. The number of ether oxygens (including phenoxy) is 3. The highest BCUT2D eigenvalue weighted by Gasteiger charge is 2.18. The Morgan fingerprint density at radius 2 is 1.93 bits per heavy atom. The molecule has 0 unspecified atom stereocenters. The van der Waals surface area contributed by atoms with Gasteiger partial charge < -0.3 is 24.1 Å². The second kappa shape index (κ2) is 9.72. The van der Waals surface area contributed by atoms with E-state index in [1.54, 1.807) is 24.3 Å². The zero-order valence-electron chi connectivity index (χ0n) is 15.9. The molecule has 0 aliphatic rings. The third-order valence-corrected chi connectivity index (χ3v) is 3.91. The molecule has 2 rings (SSSR count). The number of benzene rings is 1. The van der Waals surface area contributed by atoms with Crippen LogP contribution in [-0.4, -0.2) is 43.4 Å². The normalized spacial score (nSPS) is 11.7. The summed E-state index contributed by atoms with van der Waals surface area (Å²) in [6, 6.07) is 6.50. The molecule has 0 spiro atoms. The molecule has 0 aliphatic heterocycles. The van der Waals surface area contributed by atoms with Crippen molar-refractivity contribution < 1.29 is 28.3 Å². The fourth-order valence-electron chi connectivity index (χ4n) is 2.25. The van der Waals surface area contributed by atoms with Crippen LogP contribution in [0.1, 0.15) is 34.3 Å². The SMILES string of the molecule is COCCNC(=O)[C@H](C)OC(=O)c1ccc(OCc2c(C)noc2C)cc1. The Balaban J connectivity index is 1.86. The number of carbonyl (C=O) groups excluding carboxylic acids is 2. The number of rotatable bonds is 9. The van der Waals surface area contributed by atoms with Gasteiger partial charge in [0.2, 0.25) is 0 Å². The van der Waals surface area contributed by atoms with Crippen LogP contribution < -0.4 is 10.1 Å². The number of methoxy groups -OCH3 is 1. The van der Waals surface area contributed by atoms with Crippen molar-refractivity contribution in [3.05, 3.63) is 46.8 Å². The summed E-state index contributed by atoms with van der Waals surface area (Å²) >= 11 is 0. The van der Waals surface area contributed by atoms with Crippen LogP contribution in [0.15, 0.2) is 28.8 Å². The molecule has 1 aromatic heterocycles. The molecule has 8 heteroatoms. The molecule has 0 fully saturated rings. The summed E-state index contributed by atoms with van der Waals surface area (Å²) in [5, 5.41) is 6.49. The van der Waals surface area contributed by atoms with Gasteiger partial charge in [-0.05, 0) is 45.0 Å². The predicted molar refractivity (Wildman–Crippen MR) is 96.5 cm³/mol. The molecule has 1 aromatic carbocycles. The average molecular weight is 376 g/mol. The number of aromatic nitrogens is 1. The van der Waals surface area contributed by atoms with Crippen molar-refractivity contribution >= 4 is 11.9 Å². The summed E-state index contributed by atoms with van der Waals surface area (Å²) in [5.74, 6) is 0.351. The standard InChI is InChI=1S/C19H24N2O6/c1-12-17(13(2)27-21-12)11-25-16-7-5-15(6-8-16)19(23)26-14(3)18(22)20-9-10-24-4/h5-8,14H,9-11H2,1-4H3,(H,20,22)/t14-/m0/s1. The molecule has 146 valence electrons. The Morgan fingerprint density at radius 3 is 2.52 bits per heavy atom. The van der Waals surface area contributed by atoms with Crippen LogP contribution in [0.5, 0.6) is 5.75 Å². The maximum Gasteiger partial charge on any atom is 0.338 e. The summed E-state index contributed by atoms with van der Waals surface area (Å²) < 4.78 is 20.8. The van der Waals surface area contributed by atoms with E-state index < -0.39 is 12.1 Å². The number of hydrogen-bond acceptors (Lipinski definition) is 7. The summed E-state index contributed by atoms with van der Waals surface area (Å²) in [7, 11) is 1.54. The van der Waals surface area contributed by atoms with E-state index in [4.69, 9.17) is 18.7 Å². The summed E-state index contributed by atoms with van der Waals surface area (Å²) in [5.41, 5.74) is 2.01. The number of nitrogens with zero attached hydrogens (tertiary/aromatic N) is 1. The Kier molecular flexibility index (Phi) is 7.36. The number of nitrogens with one attached hydrogen (secondary N) is 1. The van der Waals surface area contributed by atoms with Crippen molar-refractivity contribution in [2.45, 2.75) is 33.5 Å². The maximum absolute atomic E-state index is 12.1. The van der Waals surface area contributed by atoms with Gasteiger partial charge in [-0.1, -0.05) is 5.16 Å². The second-order valence-electron chi connectivity index (χ2n) is 5.95. The number of carbonyl (C=O) groups is 2. The number of aryl methyl sites for hydroxylation is 2. The first-order chi connectivity index (χ1) is 12.9. The van der Waals surface area contributed by atoms with Crippen molar-refractivity contribution in [3.63, 3.8) is 0 Å². The van der Waals surface area contributed by atoms with Gasteiger partial charge in [-0.2, -0.15) is 0 Å². The first-order valence-corrected chi connectivity index (χ1v) is 8.54. The van der Waals surface area contributed by atoms with Gasteiger partial charge in [-0.15, -0.1) is 0 Å². The second-order valence-corrected chi connectivity index (χ2v) is 5.95. The van der Waals surface area contributed by atoms with Crippen LogP contribution >= 0.6 is 0 Å². The van der Waals surface area contributed by atoms with Crippen LogP contribution in [0.25, 0.3) is 0 Å². The van der Waals surface area contributed by atoms with E-state index in [2.05, 4.69) is 10.5 Å². The minimum atomic E-state index is -0.898. The number of esters is 1. The Morgan fingerprint density at radius 1 is 1.22 bits per heavy atom. The molecule has 2 aromatic rings. The van der Waals surface area contributed by atoms with Gasteiger partial charge in [0.15, 0.2) is 6.10 Å². The van der Waals surface area contributed by atoms with Gasteiger partial charge in [0.25, 0.3) is 5.91 Å². The molecule has 0 saturated heterocycles. The van der Waals surface area contributed by atoms with E-state index in [0.717, 1.165) is 11.3 Å². The first-order valence-electron chi connectivity index (χ1n) is 8.54. The minimum Gasteiger partial charge on any atom is -0.489 e. The van der Waals surface area contributed by atoms with Crippen molar-refractivity contribution in [1.82, 2.24) is 10.5 Å². The molecule has 1 heterocycles. The van der Waals surface area contributed by atoms with Crippen LogP contribution in [0, 0.1) is 13.8 Å². The summed E-state index contributed by atoms with van der Waals surface area (Å²) in [4.78, 5) is 24.0. The van der Waals surface area contributed by atoms with E-state index >= 15 is 0 Å². The van der Waals surface area contributed by atoms with Crippen LogP contribution in [0.4, 0.5) is 0 Å². The smallest absolute Gasteiger partial charge is 0.338 e. The first kappa shape index (κ1) is 20.4. The molecule has 8 nitrogen and oxygen atoms in total. The van der Waals surface area contributed by atoms with Gasteiger partial charge in [0.05, 0.1) is 23.4 Å². The lowest BCUT2D eigenvalue weighted by molar-refractivity contribution is -0.129. The van der Waals surface area contributed by atoms with Crippen LogP contribution in [-0.2, 0) is 20.9 Å². The molecule has 0 radical (unpaired) electrons. The highest BCUT2D eigenvalue weighted by atomic mass is 16.5. The zero-order chi connectivity index (χ0) is 19.8. The highest BCUT2D eigenvalue weighted by Crippen LogP contribution is 2.18. The molecule has 27 heavy (non-hydrogen) atoms. The van der Waals surface area contributed by atoms with E-state index in [1.807, 2.05) is 13.8 Å². The monoisotopic (exact) mass is 376 g/mol. The zero-order valence-corrected chi connectivity index (χ0v) is 15.9. The van der Waals surface area contributed by atoms with Gasteiger partial charge in [0, 0.05) is 13.7 Å². The van der Waals surface area contributed by atoms with Crippen molar-refractivity contribution in [1.29, 1.82) is 0 Å². The molecular formula is C19H24N2O6. The molecule has 0 bridgehead atoms. The number of hydrogen-bond donors (Lipinski definition) is 1. The predicted octanol–water partition coefficient (Wildman–Crippen LogP) is 2.18. The molecule has 1 atom stereocenters. The van der Waals surface area contributed by atoms with Gasteiger partial charge in [-0.25, -0.2) is 4.79 Å². The molecular weight excluding hydrogens is 352 g/mol. The lowest BCUT2D eigenvalue weighted by atomic mass is 10.2. The summed E-state index contributed by atoms with van der Waals surface area (Å²) in [6.07, 6.45) is -0.898. The third-order valence-electron chi connectivity index (χ3n) is 3.91. The lowest BCUT2D eigenvalue weighted by Crippen LogP contribution is -2.37. The van der Waals surface area contributed by atoms with Crippen LogP contribution in [0.2, 0.25) is 0 Å². The maximum atomic E-state index is 12.1. The van der Waals surface area contributed by atoms with E-state index in [0.29, 0.717) is 36.8 Å². The van der Waals surface area contributed by atoms with Crippen molar-refractivity contribution in [2.24, 2.45) is 0 Å². The Hall–Kier alpha value is -2.87. The fourth-order valence-corrected chi connectivity index (χ4v) is 2.25. The average Bonchev–Trinajstić information content (AvgIpc) is 2.98. The lowest BCUT2D eigenvalue weighted by Gasteiger charge is -2.13. The largest absolute Gasteiger partial charge is 0.489 e. The van der Waals surface area contributed by atoms with E-state index in [9.17, 15) is 9.59 Å². The highest BCUT2D eigenvalue weighted by molar-refractivity contribution is 5.92. The fraction of sp³-hybridized carbons (Fsp3) is 0.421. The topological polar surface area (TPSA) is 99.9 Å². The van der Waals surface area contributed by atoms with Gasteiger partial charge in [-0.3, -0.25) is 4.79 Å². The Bertz CT molecular complexity index is 750. The van der Waals surface area contributed by atoms with Crippen molar-refractivity contribution in [3.8, 4) is 5.75 Å². The van der Waals surface area contributed by atoms with E-state index in [1.165, 1.54) is 14.0 Å². The number of amides is 1.